The summed E-state index contributed by atoms with van der Waals surface area (Å²) in [6.45, 7) is 4.30. The van der Waals surface area contributed by atoms with Crippen molar-refractivity contribution < 1.29 is 8.81 Å². The molecule has 7 heteroatoms. The summed E-state index contributed by atoms with van der Waals surface area (Å²) in [7, 11) is 0. The van der Waals surface area contributed by atoms with E-state index in [-0.39, 0.29) is 5.02 Å². The van der Waals surface area contributed by atoms with E-state index in [1.807, 2.05) is 12.1 Å². The highest BCUT2D eigenvalue weighted by Gasteiger charge is 2.19. The predicted octanol–water partition coefficient (Wildman–Crippen LogP) is 3.59. The lowest BCUT2D eigenvalue weighted by Crippen LogP contribution is -2.49. The van der Waals surface area contributed by atoms with Gasteiger partial charge in [-0.1, -0.05) is 11.6 Å². The molecule has 0 atom stereocenters. The largest absolute Gasteiger partial charge is 0.468 e. The van der Waals surface area contributed by atoms with E-state index in [4.69, 9.17) is 28.2 Å². The molecule has 1 aliphatic heterocycles. The lowest BCUT2D eigenvalue weighted by Gasteiger charge is -2.35. The number of halogens is 2. The molecule has 0 unspecified atom stereocenters. The highest BCUT2D eigenvalue weighted by molar-refractivity contribution is 7.80. The molecule has 1 aromatic carbocycles. The van der Waals surface area contributed by atoms with Crippen molar-refractivity contribution in [1.82, 2.24) is 9.80 Å². The maximum atomic E-state index is 13.2. The van der Waals surface area contributed by atoms with Crippen LogP contribution in [0.3, 0.4) is 0 Å². The molecule has 23 heavy (non-hydrogen) atoms. The number of piperazine rings is 1. The summed E-state index contributed by atoms with van der Waals surface area (Å²) in [5.74, 6) is 0.537. The summed E-state index contributed by atoms with van der Waals surface area (Å²) in [5.41, 5.74) is 0.694. The SMILES string of the molecule is Fc1ccc(NC(=S)N2CCN(Cc3ccco3)CC2)cc1Cl. The van der Waals surface area contributed by atoms with Gasteiger partial charge in [0.1, 0.15) is 11.6 Å². The molecule has 0 saturated carbocycles. The van der Waals surface area contributed by atoms with Crippen LogP contribution in [0.15, 0.2) is 41.0 Å². The van der Waals surface area contributed by atoms with Crippen molar-refractivity contribution in [2.45, 2.75) is 6.54 Å². The van der Waals surface area contributed by atoms with Gasteiger partial charge in [-0.3, -0.25) is 4.90 Å². The van der Waals surface area contributed by atoms with E-state index in [0.717, 1.165) is 38.5 Å². The number of hydrogen-bond acceptors (Lipinski definition) is 3. The van der Waals surface area contributed by atoms with E-state index in [1.165, 1.54) is 12.1 Å². The topological polar surface area (TPSA) is 31.6 Å². The van der Waals surface area contributed by atoms with E-state index in [1.54, 1.807) is 12.3 Å². The molecular weight excluding hydrogens is 337 g/mol. The van der Waals surface area contributed by atoms with E-state index in [0.29, 0.717) is 10.8 Å². The van der Waals surface area contributed by atoms with Crippen LogP contribution in [-0.2, 0) is 6.54 Å². The Morgan fingerprint density at radius 1 is 1.26 bits per heavy atom. The zero-order valence-electron chi connectivity index (χ0n) is 12.5. The fraction of sp³-hybridized carbons (Fsp3) is 0.312. The van der Waals surface area contributed by atoms with Gasteiger partial charge in [0, 0.05) is 31.9 Å². The van der Waals surface area contributed by atoms with Gasteiger partial charge in [-0.15, -0.1) is 0 Å². The number of hydrogen-bond donors (Lipinski definition) is 1. The number of nitrogens with one attached hydrogen (secondary N) is 1. The molecule has 1 saturated heterocycles. The van der Waals surface area contributed by atoms with Gasteiger partial charge in [-0.2, -0.15) is 0 Å². The Balaban J connectivity index is 1.50. The summed E-state index contributed by atoms with van der Waals surface area (Å²) in [6, 6.07) is 8.38. The zero-order chi connectivity index (χ0) is 16.2. The Hall–Kier alpha value is -1.63. The average Bonchev–Trinajstić information content (AvgIpc) is 3.04. The number of nitrogens with zero attached hydrogens (tertiary/aromatic N) is 2. The maximum absolute atomic E-state index is 13.2. The normalized spacial score (nSPS) is 15.7. The molecule has 2 aromatic rings. The summed E-state index contributed by atoms with van der Waals surface area (Å²) in [6.07, 6.45) is 1.69. The van der Waals surface area contributed by atoms with Gasteiger partial charge in [0.15, 0.2) is 5.11 Å². The smallest absolute Gasteiger partial charge is 0.173 e. The second-order valence-electron chi connectivity index (χ2n) is 5.40. The average molecular weight is 354 g/mol. The molecule has 1 aliphatic rings. The molecule has 1 N–H and O–H groups in total. The van der Waals surface area contributed by atoms with Crippen molar-refractivity contribution in [3.05, 3.63) is 53.2 Å². The minimum atomic E-state index is -0.435. The van der Waals surface area contributed by atoms with Gasteiger partial charge in [-0.05, 0) is 42.5 Å². The summed E-state index contributed by atoms with van der Waals surface area (Å²) in [5, 5.41) is 3.82. The number of rotatable bonds is 3. The fourth-order valence-electron chi connectivity index (χ4n) is 2.51. The van der Waals surface area contributed by atoms with Crippen LogP contribution < -0.4 is 5.32 Å². The minimum absolute atomic E-state index is 0.0843. The lowest BCUT2D eigenvalue weighted by molar-refractivity contribution is 0.166. The highest BCUT2D eigenvalue weighted by Crippen LogP contribution is 2.20. The third-order valence-electron chi connectivity index (χ3n) is 3.79. The Morgan fingerprint density at radius 2 is 2.04 bits per heavy atom. The quantitative estimate of drug-likeness (QED) is 0.852. The van der Waals surface area contributed by atoms with Crippen LogP contribution in [0.5, 0.6) is 0 Å². The first-order valence-corrected chi connectivity index (χ1v) is 8.16. The summed E-state index contributed by atoms with van der Waals surface area (Å²) in [4.78, 5) is 4.43. The van der Waals surface area contributed by atoms with Crippen LogP contribution in [0, 0.1) is 5.82 Å². The molecule has 2 heterocycles. The van der Waals surface area contributed by atoms with Crippen LogP contribution >= 0.6 is 23.8 Å². The van der Waals surface area contributed by atoms with Gasteiger partial charge in [0.2, 0.25) is 0 Å². The third-order valence-corrected chi connectivity index (χ3v) is 4.44. The first-order chi connectivity index (χ1) is 11.1. The van der Waals surface area contributed by atoms with Crippen LogP contribution in [0.2, 0.25) is 5.02 Å². The van der Waals surface area contributed by atoms with Gasteiger partial charge in [0.25, 0.3) is 0 Å². The van der Waals surface area contributed by atoms with E-state index < -0.39 is 5.82 Å². The van der Waals surface area contributed by atoms with Crippen molar-refractivity contribution in [2.24, 2.45) is 0 Å². The summed E-state index contributed by atoms with van der Waals surface area (Å²) >= 11 is 11.2. The van der Waals surface area contributed by atoms with Crippen molar-refractivity contribution >= 4 is 34.6 Å². The minimum Gasteiger partial charge on any atom is -0.468 e. The van der Waals surface area contributed by atoms with Gasteiger partial charge in [-0.25, -0.2) is 4.39 Å². The molecule has 1 aromatic heterocycles. The van der Waals surface area contributed by atoms with Crippen LogP contribution in [0.4, 0.5) is 10.1 Å². The van der Waals surface area contributed by atoms with Crippen molar-refractivity contribution in [3.63, 3.8) is 0 Å². The van der Waals surface area contributed by atoms with Gasteiger partial charge in [0.05, 0.1) is 17.8 Å². The van der Waals surface area contributed by atoms with Crippen molar-refractivity contribution in [2.75, 3.05) is 31.5 Å². The second kappa shape index (κ2) is 7.29. The van der Waals surface area contributed by atoms with Crippen molar-refractivity contribution in [1.29, 1.82) is 0 Å². The molecule has 1 fully saturated rings. The van der Waals surface area contributed by atoms with Gasteiger partial charge < -0.3 is 14.6 Å². The Kier molecular flexibility index (Phi) is 5.15. The molecule has 0 spiro atoms. The molecule has 122 valence electrons. The lowest BCUT2D eigenvalue weighted by atomic mass is 10.3. The Bertz CT molecular complexity index is 672. The standard InChI is InChI=1S/C16H17ClFN3OS/c17-14-10-12(3-4-15(14)18)19-16(23)21-7-5-20(6-8-21)11-13-2-1-9-22-13/h1-4,9-10H,5-8,11H2,(H,19,23). The maximum Gasteiger partial charge on any atom is 0.173 e. The first kappa shape index (κ1) is 16.2. The van der Waals surface area contributed by atoms with Gasteiger partial charge >= 0.3 is 0 Å². The predicted molar refractivity (Wildman–Crippen MR) is 93.2 cm³/mol. The summed E-state index contributed by atoms with van der Waals surface area (Å²) < 4.78 is 18.5. The highest BCUT2D eigenvalue weighted by atomic mass is 35.5. The van der Waals surface area contributed by atoms with E-state index in [9.17, 15) is 4.39 Å². The molecule has 3 rings (SSSR count). The van der Waals surface area contributed by atoms with Crippen molar-refractivity contribution in [3.8, 4) is 0 Å². The number of benzene rings is 1. The molecule has 0 radical (unpaired) electrons. The number of anilines is 1. The van der Waals surface area contributed by atoms with Crippen LogP contribution in [-0.4, -0.2) is 41.1 Å². The second-order valence-corrected chi connectivity index (χ2v) is 6.20. The van der Waals surface area contributed by atoms with Crippen LogP contribution in [0.25, 0.3) is 0 Å². The Labute approximate surface area is 144 Å². The molecule has 4 nitrogen and oxygen atoms in total. The molecule has 0 aliphatic carbocycles. The molecular formula is C16H17ClFN3OS. The van der Waals surface area contributed by atoms with Crippen LogP contribution in [0.1, 0.15) is 5.76 Å². The fourth-order valence-corrected chi connectivity index (χ4v) is 2.99. The molecule has 0 amide bonds. The first-order valence-electron chi connectivity index (χ1n) is 7.37. The third kappa shape index (κ3) is 4.22. The Morgan fingerprint density at radius 3 is 2.70 bits per heavy atom. The number of furan rings is 1. The zero-order valence-corrected chi connectivity index (χ0v) is 14.0. The monoisotopic (exact) mass is 353 g/mol. The molecule has 0 bridgehead atoms. The van der Waals surface area contributed by atoms with E-state index in [2.05, 4.69) is 15.1 Å². The van der Waals surface area contributed by atoms with E-state index >= 15 is 0 Å². The number of thiocarbonyl (C=S) groups is 1.